The Bertz CT molecular complexity index is 405. The monoisotopic (exact) mass is 180 g/mol. The predicted molar refractivity (Wildman–Crippen MR) is 44.3 cm³/mol. The molecule has 2 heterocycles. The first-order chi connectivity index (χ1) is 6.29. The normalized spacial score (nSPS) is 10.3. The van der Waals surface area contributed by atoms with E-state index in [9.17, 15) is 0 Å². The summed E-state index contributed by atoms with van der Waals surface area (Å²) in [5.74, 6) is 5.54. The zero-order valence-corrected chi connectivity index (χ0v) is 6.93. The molecule has 0 aliphatic rings. The summed E-state index contributed by atoms with van der Waals surface area (Å²) in [4.78, 5) is 3.95. The number of anilines is 1. The molecule has 0 bridgehead atoms. The van der Waals surface area contributed by atoms with Crippen molar-refractivity contribution in [2.24, 2.45) is 12.9 Å². The molecule has 0 aliphatic heterocycles. The Morgan fingerprint density at radius 2 is 2.46 bits per heavy atom. The number of nitrogen functional groups attached to an aromatic ring is 1. The van der Waals surface area contributed by atoms with Gasteiger partial charge in [-0.15, -0.1) is 0 Å². The van der Waals surface area contributed by atoms with Crippen molar-refractivity contribution < 1.29 is 4.52 Å². The molecule has 0 atom stereocenters. The van der Waals surface area contributed by atoms with Crippen LogP contribution in [0.15, 0.2) is 16.9 Å². The maximum absolute atomic E-state index is 5.08. The molecule has 0 fully saturated rings. The first-order valence-electron chi connectivity index (χ1n) is 3.59. The molecule has 0 spiro atoms. The van der Waals surface area contributed by atoms with E-state index in [1.165, 1.54) is 0 Å². The van der Waals surface area contributed by atoms with E-state index >= 15 is 0 Å². The van der Waals surface area contributed by atoms with Gasteiger partial charge in [0.15, 0.2) is 0 Å². The Balaban J connectivity index is 2.35. The molecule has 3 N–H and O–H groups in total. The molecule has 0 saturated heterocycles. The molecule has 2 aromatic rings. The Morgan fingerprint density at radius 3 is 3.00 bits per heavy atom. The number of rotatable bonds is 2. The third-order valence-corrected chi connectivity index (χ3v) is 1.51. The van der Waals surface area contributed by atoms with Gasteiger partial charge in [0.2, 0.25) is 5.82 Å². The van der Waals surface area contributed by atoms with E-state index in [1.54, 1.807) is 17.1 Å². The summed E-state index contributed by atoms with van der Waals surface area (Å²) in [6.45, 7) is 0. The highest BCUT2D eigenvalue weighted by atomic mass is 16.5. The second-order valence-corrected chi connectivity index (χ2v) is 2.47. The van der Waals surface area contributed by atoms with E-state index in [4.69, 9.17) is 10.4 Å². The van der Waals surface area contributed by atoms with Crippen LogP contribution in [0.3, 0.4) is 0 Å². The molecule has 2 rings (SSSR count). The first kappa shape index (κ1) is 7.74. The van der Waals surface area contributed by atoms with Crippen LogP contribution in [-0.2, 0) is 7.05 Å². The standard InChI is InChI=1S/C6H8N6O/c1-12-3-4(2-8-12)5-9-6(10-7)13-11-5/h2-3H,7H2,1H3,(H,9,10,11). The molecule has 13 heavy (non-hydrogen) atoms. The van der Waals surface area contributed by atoms with E-state index in [0.717, 1.165) is 5.56 Å². The van der Waals surface area contributed by atoms with Crippen LogP contribution in [0.1, 0.15) is 0 Å². The second-order valence-electron chi connectivity index (χ2n) is 2.47. The molecule has 7 nitrogen and oxygen atoms in total. The summed E-state index contributed by atoms with van der Waals surface area (Å²) in [7, 11) is 1.81. The maximum Gasteiger partial charge on any atom is 0.335 e. The van der Waals surface area contributed by atoms with Gasteiger partial charge in [0.25, 0.3) is 0 Å². The van der Waals surface area contributed by atoms with Crippen molar-refractivity contribution in [2.45, 2.75) is 0 Å². The highest BCUT2D eigenvalue weighted by molar-refractivity contribution is 5.52. The van der Waals surface area contributed by atoms with Crippen molar-refractivity contribution in [3.63, 3.8) is 0 Å². The van der Waals surface area contributed by atoms with Gasteiger partial charge < -0.3 is 4.52 Å². The van der Waals surface area contributed by atoms with Gasteiger partial charge in [-0.3, -0.25) is 10.1 Å². The summed E-state index contributed by atoms with van der Waals surface area (Å²) in [5.41, 5.74) is 3.04. The van der Waals surface area contributed by atoms with Crippen molar-refractivity contribution >= 4 is 6.01 Å². The summed E-state index contributed by atoms with van der Waals surface area (Å²) in [5, 5.41) is 7.66. The van der Waals surface area contributed by atoms with Gasteiger partial charge >= 0.3 is 6.01 Å². The summed E-state index contributed by atoms with van der Waals surface area (Å²) < 4.78 is 6.40. The molecular formula is C6H8N6O. The fourth-order valence-corrected chi connectivity index (χ4v) is 0.936. The number of aryl methyl sites for hydroxylation is 1. The van der Waals surface area contributed by atoms with Gasteiger partial charge in [-0.25, -0.2) is 5.84 Å². The molecular weight excluding hydrogens is 172 g/mol. The Hall–Kier alpha value is -1.89. The van der Waals surface area contributed by atoms with E-state index < -0.39 is 0 Å². The average Bonchev–Trinajstić information content (AvgIpc) is 2.71. The van der Waals surface area contributed by atoms with Crippen LogP contribution >= 0.6 is 0 Å². The third-order valence-electron chi connectivity index (χ3n) is 1.51. The van der Waals surface area contributed by atoms with Crippen LogP contribution in [0.4, 0.5) is 6.01 Å². The van der Waals surface area contributed by atoms with Crippen molar-refractivity contribution in [2.75, 3.05) is 5.43 Å². The lowest BCUT2D eigenvalue weighted by Crippen LogP contribution is -2.06. The summed E-state index contributed by atoms with van der Waals surface area (Å²) in [6, 6.07) is 0.179. The number of nitrogens with two attached hydrogens (primary N) is 1. The number of aromatic nitrogens is 4. The third kappa shape index (κ3) is 1.36. The number of hydrazine groups is 1. The van der Waals surface area contributed by atoms with Gasteiger partial charge in [-0.2, -0.15) is 10.1 Å². The predicted octanol–water partition coefficient (Wildman–Crippen LogP) is -0.244. The van der Waals surface area contributed by atoms with Crippen molar-refractivity contribution in [3.8, 4) is 11.4 Å². The maximum atomic E-state index is 5.08. The topological polar surface area (TPSA) is 94.8 Å². The zero-order valence-electron chi connectivity index (χ0n) is 6.93. The van der Waals surface area contributed by atoms with Crippen LogP contribution in [0.2, 0.25) is 0 Å². The lowest BCUT2D eigenvalue weighted by atomic mass is 10.3. The highest BCUT2D eigenvalue weighted by Gasteiger charge is 2.08. The molecule has 0 aromatic carbocycles. The average molecular weight is 180 g/mol. The number of nitrogens with zero attached hydrogens (tertiary/aromatic N) is 4. The SMILES string of the molecule is Cn1cc(-c2noc(NN)n2)cn1. The second kappa shape index (κ2) is 2.87. The van der Waals surface area contributed by atoms with E-state index in [0.29, 0.717) is 5.82 Å². The smallest absolute Gasteiger partial charge is 0.314 e. The molecule has 0 radical (unpaired) electrons. The lowest BCUT2D eigenvalue weighted by Gasteiger charge is -1.84. The quantitative estimate of drug-likeness (QED) is 0.489. The largest absolute Gasteiger partial charge is 0.335 e. The van der Waals surface area contributed by atoms with E-state index in [-0.39, 0.29) is 6.01 Å². The summed E-state index contributed by atoms with van der Waals surface area (Å²) >= 11 is 0. The minimum atomic E-state index is 0.179. The van der Waals surface area contributed by atoms with Gasteiger partial charge in [0, 0.05) is 13.2 Å². The van der Waals surface area contributed by atoms with Crippen molar-refractivity contribution in [3.05, 3.63) is 12.4 Å². The van der Waals surface area contributed by atoms with Crippen molar-refractivity contribution in [1.82, 2.24) is 19.9 Å². The van der Waals surface area contributed by atoms with Gasteiger partial charge in [0.05, 0.1) is 11.8 Å². The van der Waals surface area contributed by atoms with Crippen LogP contribution in [0.25, 0.3) is 11.4 Å². The van der Waals surface area contributed by atoms with Gasteiger partial charge in [0.1, 0.15) is 0 Å². The molecule has 0 saturated carbocycles. The first-order valence-corrected chi connectivity index (χ1v) is 3.59. The summed E-state index contributed by atoms with van der Waals surface area (Å²) in [6.07, 6.45) is 3.43. The molecule has 0 unspecified atom stereocenters. The molecule has 7 heteroatoms. The fraction of sp³-hybridized carbons (Fsp3) is 0.167. The molecule has 2 aromatic heterocycles. The van der Waals surface area contributed by atoms with Crippen LogP contribution in [0.5, 0.6) is 0 Å². The number of hydrogen-bond acceptors (Lipinski definition) is 6. The number of nitrogens with one attached hydrogen (secondary N) is 1. The number of hydrogen-bond donors (Lipinski definition) is 2. The highest BCUT2D eigenvalue weighted by Crippen LogP contribution is 2.15. The van der Waals surface area contributed by atoms with E-state index in [1.807, 2.05) is 7.05 Å². The van der Waals surface area contributed by atoms with Gasteiger partial charge in [-0.1, -0.05) is 5.16 Å². The Labute approximate surface area is 73.5 Å². The van der Waals surface area contributed by atoms with Crippen LogP contribution < -0.4 is 11.3 Å². The molecule has 68 valence electrons. The lowest BCUT2D eigenvalue weighted by molar-refractivity contribution is 0.432. The fourth-order valence-electron chi connectivity index (χ4n) is 0.936. The Morgan fingerprint density at radius 1 is 1.62 bits per heavy atom. The zero-order chi connectivity index (χ0) is 9.26. The minimum absolute atomic E-state index is 0.179. The van der Waals surface area contributed by atoms with Gasteiger partial charge in [-0.05, 0) is 0 Å². The van der Waals surface area contributed by atoms with Crippen LogP contribution in [0, 0.1) is 0 Å². The van der Waals surface area contributed by atoms with Crippen LogP contribution in [-0.4, -0.2) is 19.9 Å². The van der Waals surface area contributed by atoms with E-state index in [2.05, 4.69) is 20.7 Å². The Kier molecular flexibility index (Phi) is 1.71. The molecule has 0 amide bonds. The minimum Gasteiger partial charge on any atom is -0.314 e. The van der Waals surface area contributed by atoms with Crippen molar-refractivity contribution in [1.29, 1.82) is 0 Å². The molecule has 0 aliphatic carbocycles.